The molecule has 2 aliphatic rings. The van der Waals surface area contributed by atoms with Crippen LogP contribution in [0.25, 0.3) is 11.6 Å². The van der Waals surface area contributed by atoms with Crippen LogP contribution in [-0.4, -0.2) is 35.6 Å². The van der Waals surface area contributed by atoms with Gasteiger partial charge in [0.1, 0.15) is 5.15 Å². The van der Waals surface area contributed by atoms with E-state index in [-0.39, 0.29) is 23.5 Å². The summed E-state index contributed by atoms with van der Waals surface area (Å²) in [4.78, 5) is 12.3. The van der Waals surface area contributed by atoms with Crippen LogP contribution in [0.1, 0.15) is 29.3 Å². The monoisotopic (exact) mass is 411 g/mol. The number of anilines is 1. The molecule has 1 fully saturated rings. The fraction of sp³-hybridized carbons (Fsp3) is 0.294. The van der Waals surface area contributed by atoms with E-state index in [0.717, 1.165) is 5.56 Å². The van der Waals surface area contributed by atoms with Gasteiger partial charge in [0.25, 0.3) is 5.91 Å². The third-order valence-electron chi connectivity index (χ3n) is 4.68. The number of halogens is 2. The number of aromatic nitrogens is 2. The zero-order valence-corrected chi connectivity index (χ0v) is 16.1. The maximum Gasteiger partial charge on any atom is 0.256 e. The van der Waals surface area contributed by atoms with Crippen LogP contribution in [0.15, 0.2) is 18.2 Å². The second-order valence-corrected chi connectivity index (χ2v) is 9.52. The van der Waals surface area contributed by atoms with Gasteiger partial charge < -0.3 is 5.32 Å². The topological polar surface area (TPSA) is 81.1 Å². The molecule has 9 heteroatoms. The second-order valence-electron chi connectivity index (χ2n) is 6.49. The Hall–Kier alpha value is -1.83. The number of nitrogens with zero attached hydrogens (tertiary/aromatic N) is 2. The van der Waals surface area contributed by atoms with Crippen LogP contribution in [0.2, 0.25) is 10.2 Å². The highest BCUT2D eigenvalue weighted by atomic mass is 35.5. The fourth-order valence-electron chi connectivity index (χ4n) is 3.36. The summed E-state index contributed by atoms with van der Waals surface area (Å²) >= 11 is 12.5. The minimum absolute atomic E-state index is 0.0334. The number of hydrogen-bond donors (Lipinski definition) is 1. The van der Waals surface area contributed by atoms with Gasteiger partial charge in [0.05, 0.1) is 28.9 Å². The van der Waals surface area contributed by atoms with Crippen molar-refractivity contribution < 1.29 is 13.2 Å². The van der Waals surface area contributed by atoms with Crippen LogP contribution in [0.5, 0.6) is 0 Å². The summed E-state index contributed by atoms with van der Waals surface area (Å²) in [7, 11) is -3.05. The average molecular weight is 412 g/mol. The maximum atomic E-state index is 12.3. The molecule has 0 spiro atoms. The van der Waals surface area contributed by atoms with Gasteiger partial charge in [0, 0.05) is 21.7 Å². The third-order valence-corrected chi connectivity index (χ3v) is 7.04. The molecule has 26 heavy (non-hydrogen) atoms. The van der Waals surface area contributed by atoms with Crippen LogP contribution in [-0.2, 0) is 14.6 Å². The van der Waals surface area contributed by atoms with E-state index >= 15 is 0 Å². The van der Waals surface area contributed by atoms with Gasteiger partial charge in [0.15, 0.2) is 9.84 Å². The average Bonchev–Trinajstić information content (AvgIpc) is 3.16. The lowest BCUT2D eigenvalue weighted by Gasteiger charge is -2.09. The highest BCUT2D eigenvalue weighted by Gasteiger charge is 2.32. The predicted molar refractivity (Wildman–Crippen MR) is 102 cm³/mol. The molecule has 4 rings (SSSR count). The smallest absolute Gasteiger partial charge is 0.256 e. The van der Waals surface area contributed by atoms with Gasteiger partial charge in [-0.05, 0) is 31.6 Å². The first-order valence-corrected chi connectivity index (χ1v) is 10.6. The summed E-state index contributed by atoms with van der Waals surface area (Å²) in [5.74, 6) is -0.0696. The summed E-state index contributed by atoms with van der Waals surface area (Å²) in [5, 5.41) is 8.07. The Labute approximate surface area is 160 Å². The lowest BCUT2D eigenvalue weighted by Crippen LogP contribution is -2.12. The van der Waals surface area contributed by atoms with Crippen molar-refractivity contribution >= 4 is 56.3 Å². The van der Waals surface area contributed by atoms with E-state index < -0.39 is 9.84 Å². The molecule has 1 atom stereocenters. The standard InChI is InChI=1S/C17H15Cl2N3O3S/c1-9-13(16(19)22(21-9)11-4-5-26(24,25)8-11)7-14-12-3-2-10(18)6-15(12)20-17(14)23/h2-3,6-7,11H,4-5,8H2,1H3,(H,20,23). The molecule has 3 heterocycles. The second kappa shape index (κ2) is 6.11. The van der Waals surface area contributed by atoms with Crippen molar-refractivity contribution in [1.82, 2.24) is 9.78 Å². The lowest BCUT2D eigenvalue weighted by atomic mass is 10.0. The highest BCUT2D eigenvalue weighted by molar-refractivity contribution is 7.91. The summed E-state index contributed by atoms with van der Waals surface area (Å²) < 4.78 is 25.0. The summed E-state index contributed by atoms with van der Waals surface area (Å²) in [5.41, 5.74) is 3.12. The Kier molecular flexibility index (Phi) is 4.13. The molecule has 0 saturated carbocycles. The normalized spacial score (nSPS) is 22.7. The van der Waals surface area contributed by atoms with Crippen LogP contribution in [0.3, 0.4) is 0 Å². The Bertz CT molecular complexity index is 1070. The predicted octanol–water partition coefficient (Wildman–Crippen LogP) is 3.35. The molecule has 0 bridgehead atoms. The van der Waals surface area contributed by atoms with E-state index in [1.165, 1.54) is 0 Å². The van der Waals surface area contributed by atoms with Crippen molar-refractivity contribution in [2.45, 2.75) is 19.4 Å². The lowest BCUT2D eigenvalue weighted by molar-refractivity contribution is -0.110. The number of carbonyl (C=O) groups excluding carboxylic acids is 1. The molecule has 0 radical (unpaired) electrons. The van der Waals surface area contributed by atoms with Gasteiger partial charge in [-0.1, -0.05) is 29.3 Å². The molecule has 0 aliphatic carbocycles. The van der Waals surface area contributed by atoms with Crippen molar-refractivity contribution in [3.63, 3.8) is 0 Å². The van der Waals surface area contributed by atoms with Gasteiger partial charge in [-0.15, -0.1) is 0 Å². The summed E-state index contributed by atoms with van der Waals surface area (Å²) in [6.07, 6.45) is 2.18. The SMILES string of the molecule is Cc1nn(C2CCS(=O)(=O)C2)c(Cl)c1C=C1C(=O)Nc2cc(Cl)ccc21. The van der Waals surface area contributed by atoms with Crippen molar-refractivity contribution in [2.75, 3.05) is 16.8 Å². The molecule has 1 amide bonds. The number of rotatable bonds is 2. The molecule has 1 aromatic heterocycles. The molecule has 2 aliphatic heterocycles. The first kappa shape index (κ1) is 17.6. The van der Waals surface area contributed by atoms with E-state index in [9.17, 15) is 13.2 Å². The highest BCUT2D eigenvalue weighted by Crippen LogP contribution is 2.37. The quantitative estimate of drug-likeness (QED) is 0.768. The van der Waals surface area contributed by atoms with Gasteiger partial charge in [0.2, 0.25) is 0 Å². The Balaban J connectivity index is 1.76. The molecule has 1 N–H and O–H groups in total. The van der Waals surface area contributed by atoms with E-state index in [1.54, 1.807) is 35.9 Å². The zero-order chi connectivity index (χ0) is 18.6. The van der Waals surface area contributed by atoms with Gasteiger partial charge in [-0.3, -0.25) is 4.79 Å². The number of carbonyl (C=O) groups is 1. The van der Waals surface area contributed by atoms with Crippen LogP contribution >= 0.6 is 23.2 Å². The molecule has 2 aromatic rings. The Morgan fingerprint density at radius 2 is 2.12 bits per heavy atom. The van der Waals surface area contributed by atoms with Crippen LogP contribution in [0.4, 0.5) is 5.69 Å². The minimum atomic E-state index is -3.05. The first-order chi connectivity index (χ1) is 12.2. The minimum Gasteiger partial charge on any atom is -0.321 e. The maximum absolute atomic E-state index is 12.3. The third kappa shape index (κ3) is 2.94. The van der Waals surface area contributed by atoms with E-state index in [0.29, 0.717) is 39.1 Å². The molecule has 6 nitrogen and oxygen atoms in total. The van der Waals surface area contributed by atoms with Gasteiger partial charge in [-0.2, -0.15) is 5.10 Å². The largest absolute Gasteiger partial charge is 0.321 e. The van der Waals surface area contributed by atoms with Crippen molar-refractivity contribution in [1.29, 1.82) is 0 Å². The zero-order valence-electron chi connectivity index (χ0n) is 13.8. The number of nitrogens with one attached hydrogen (secondary N) is 1. The molecule has 1 saturated heterocycles. The number of sulfone groups is 1. The number of amides is 1. The summed E-state index contributed by atoms with van der Waals surface area (Å²) in [6, 6.07) is 4.91. The van der Waals surface area contributed by atoms with Gasteiger partial charge >= 0.3 is 0 Å². The van der Waals surface area contributed by atoms with Gasteiger partial charge in [-0.25, -0.2) is 13.1 Å². The molecular weight excluding hydrogens is 397 g/mol. The van der Waals surface area contributed by atoms with Crippen molar-refractivity contribution in [3.8, 4) is 0 Å². The van der Waals surface area contributed by atoms with E-state index in [2.05, 4.69) is 10.4 Å². The number of aryl methyl sites for hydroxylation is 1. The molecular formula is C17H15Cl2N3O3S. The first-order valence-electron chi connectivity index (χ1n) is 8.03. The molecule has 136 valence electrons. The number of fused-ring (bicyclic) bond motifs is 1. The number of benzene rings is 1. The van der Waals surface area contributed by atoms with E-state index in [1.807, 2.05) is 0 Å². The van der Waals surface area contributed by atoms with Crippen molar-refractivity contribution in [2.24, 2.45) is 0 Å². The van der Waals surface area contributed by atoms with E-state index in [4.69, 9.17) is 23.2 Å². The summed E-state index contributed by atoms with van der Waals surface area (Å²) in [6.45, 7) is 1.79. The number of hydrogen-bond acceptors (Lipinski definition) is 4. The molecule has 1 aromatic carbocycles. The van der Waals surface area contributed by atoms with Crippen LogP contribution < -0.4 is 5.32 Å². The van der Waals surface area contributed by atoms with Crippen LogP contribution in [0, 0.1) is 6.92 Å². The van der Waals surface area contributed by atoms with Crippen molar-refractivity contribution in [3.05, 3.63) is 45.2 Å². The fourth-order valence-corrected chi connectivity index (χ4v) is 5.59. The molecule has 1 unspecified atom stereocenters. The Morgan fingerprint density at radius 3 is 2.81 bits per heavy atom. The Morgan fingerprint density at radius 1 is 1.35 bits per heavy atom.